The lowest BCUT2D eigenvalue weighted by Crippen LogP contribution is -2.09. The van der Waals surface area contributed by atoms with Crippen LogP contribution in [0.2, 0.25) is 0 Å². The molecule has 0 radical (unpaired) electrons. The van der Waals surface area contributed by atoms with Crippen LogP contribution in [0.15, 0.2) is 28.5 Å². The minimum absolute atomic E-state index is 0.982. The quantitative estimate of drug-likeness (QED) is 0.846. The van der Waals surface area contributed by atoms with Crippen LogP contribution in [0, 0.1) is 6.92 Å². The number of rotatable bonds is 5. The molecular formula is C14H18N2S2. The van der Waals surface area contributed by atoms with E-state index in [4.69, 9.17) is 4.98 Å². The lowest BCUT2D eigenvalue weighted by Gasteiger charge is -2.05. The Kier molecular flexibility index (Phi) is 4.80. The molecule has 0 aliphatic carbocycles. The van der Waals surface area contributed by atoms with Crippen molar-refractivity contribution in [1.82, 2.24) is 10.3 Å². The predicted molar refractivity (Wildman–Crippen MR) is 81.7 cm³/mol. The maximum atomic E-state index is 4.73. The summed E-state index contributed by atoms with van der Waals surface area (Å²) in [5, 5.41) is 6.53. The Morgan fingerprint density at radius 1 is 1.39 bits per heavy atom. The van der Waals surface area contributed by atoms with E-state index in [1.165, 1.54) is 21.0 Å². The van der Waals surface area contributed by atoms with Crippen LogP contribution in [-0.2, 0) is 6.42 Å². The number of thiazole rings is 1. The summed E-state index contributed by atoms with van der Waals surface area (Å²) >= 11 is 3.53. The van der Waals surface area contributed by atoms with Gasteiger partial charge in [0.15, 0.2) is 0 Å². The SMILES string of the molecule is CNCCc1nc(-c2cc(C)ccc2SC)cs1. The summed E-state index contributed by atoms with van der Waals surface area (Å²) in [5.41, 5.74) is 3.65. The molecule has 18 heavy (non-hydrogen) atoms. The number of likely N-dealkylation sites (N-methyl/N-ethyl adjacent to an activating group) is 1. The second-order valence-corrected chi connectivity index (χ2v) is 5.97. The summed E-state index contributed by atoms with van der Waals surface area (Å²) in [4.78, 5) is 6.03. The molecule has 0 unspecified atom stereocenters. The highest BCUT2D eigenvalue weighted by molar-refractivity contribution is 7.98. The van der Waals surface area contributed by atoms with E-state index in [1.807, 2.05) is 7.05 Å². The maximum absolute atomic E-state index is 4.73. The van der Waals surface area contributed by atoms with Gasteiger partial charge in [-0.05, 0) is 32.4 Å². The first-order valence-electron chi connectivity index (χ1n) is 5.98. The van der Waals surface area contributed by atoms with Gasteiger partial charge in [0.25, 0.3) is 0 Å². The van der Waals surface area contributed by atoms with E-state index < -0.39 is 0 Å². The molecule has 2 rings (SSSR count). The molecule has 0 atom stereocenters. The van der Waals surface area contributed by atoms with Gasteiger partial charge >= 0.3 is 0 Å². The Morgan fingerprint density at radius 2 is 2.22 bits per heavy atom. The molecule has 0 aliphatic rings. The summed E-state index contributed by atoms with van der Waals surface area (Å²) in [6, 6.07) is 6.56. The number of nitrogens with one attached hydrogen (secondary N) is 1. The van der Waals surface area contributed by atoms with E-state index in [-0.39, 0.29) is 0 Å². The van der Waals surface area contributed by atoms with E-state index >= 15 is 0 Å². The second kappa shape index (κ2) is 6.36. The van der Waals surface area contributed by atoms with Gasteiger partial charge < -0.3 is 5.32 Å². The highest BCUT2D eigenvalue weighted by atomic mass is 32.2. The maximum Gasteiger partial charge on any atom is 0.0945 e. The molecule has 96 valence electrons. The van der Waals surface area contributed by atoms with Crippen LogP contribution in [0.5, 0.6) is 0 Å². The number of hydrogen-bond donors (Lipinski definition) is 1. The van der Waals surface area contributed by atoms with Gasteiger partial charge in [-0.1, -0.05) is 11.6 Å². The first-order valence-corrected chi connectivity index (χ1v) is 8.09. The third-order valence-electron chi connectivity index (χ3n) is 2.77. The predicted octanol–water partition coefficient (Wildman–Crippen LogP) is 3.60. The minimum Gasteiger partial charge on any atom is -0.319 e. The molecule has 1 aromatic carbocycles. The van der Waals surface area contributed by atoms with E-state index in [2.05, 4.69) is 42.1 Å². The van der Waals surface area contributed by atoms with Crippen LogP contribution in [-0.4, -0.2) is 24.8 Å². The van der Waals surface area contributed by atoms with E-state index in [9.17, 15) is 0 Å². The number of thioether (sulfide) groups is 1. The van der Waals surface area contributed by atoms with Gasteiger partial charge in [0.1, 0.15) is 0 Å². The van der Waals surface area contributed by atoms with Crippen molar-refractivity contribution < 1.29 is 0 Å². The monoisotopic (exact) mass is 278 g/mol. The molecule has 0 bridgehead atoms. The fourth-order valence-electron chi connectivity index (χ4n) is 1.80. The summed E-state index contributed by atoms with van der Waals surface area (Å²) in [7, 11) is 1.97. The van der Waals surface area contributed by atoms with Crippen LogP contribution in [0.1, 0.15) is 10.6 Å². The van der Waals surface area contributed by atoms with Crippen molar-refractivity contribution in [1.29, 1.82) is 0 Å². The van der Waals surface area contributed by atoms with E-state index in [1.54, 1.807) is 23.1 Å². The molecule has 2 nitrogen and oxygen atoms in total. The molecule has 2 aromatic rings. The number of benzene rings is 1. The molecule has 1 aromatic heterocycles. The Morgan fingerprint density at radius 3 is 2.94 bits per heavy atom. The zero-order valence-corrected chi connectivity index (χ0v) is 12.6. The van der Waals surface area contributed by atoms with E-state index in [0.29, 0.717) is 0 Å². The molecule has 0 aliphatic heterocycles. The van der Waals surface area contributed by atoms with E-state index in [0.717, 1.165) is 18.7 Å². The molecular weight excluding hydrogens is 260 g/mol. The molecule has 0 saturated heterocycles. The van der Waals surface area contributed by atoms with Crippen molar-refractivity contribution in [2.45, 2.75) is 18.2 Å². The van der Waals surface area contributed by atoms with Gasteiger partial charge in [0.05, 0.1) is 10.7 Å². The Hall–Kier alpha value is -0.840. The summed E-state index contributed by atoms with van der Waals surface area (Å²) in [5.74, 6) is 0. The third kappa shape index (κ3) is 3.13. The smallest absolute Gasteiger partial charge is 0.0945 e. The van der Waals surface area contributed by atoms with Gasteiger partial charge in [-0.15, -0.1) is 23.1 Å². The first-order chi connectivity index (χ1) is 8.74. The number of hydrogen-bond acceptors (Lipinski definition) is 4. The highest BCUT2D eigenvalue weighted by Crippen LogP contribution is 2.31. The Labute approximate surface area is 117 Å². The van der Waals surface area contributed by atoms with Gasteiger partial charge in [-0.3, -0.25) is 0 Å². The minimum atomic E-state index is 0.982. The molecule has 0 saturated carbocycles. The normalized spacial score (nSPS) is 10.8. The van der Waals surface area contributed by atoms with Gasteiger partial charge in [0.2, 0.25) is 0 Å². The van der Waals surface area contributed by atoms with Crippen molar-refractivity contribution in [2.75, 3.05) is 19.8 Å². The largest absolute Gasteiger partial charge is 0.319 e. The Balaban J connectivity index is 2.30. The molecule has 1 heterocycles. The van der Waals surface area contributed by atoms with Crippen LogP contribution < -0.4 is 5.32 Å². The zero-order valence-electron chi connectivity index (χ0n) is 11.0. The van der Waals surface area contributed by atoms with Crippen LogP contribution in [0.3, 0.4) is 0 Å². The number of aromatic nitrogens is 1. The average molecular weight is 278 g/mol. The summed E-state index contributed by atoms with van der Waals surface area (Å²) in [6.07, 6.45) is 3.12. The van der Waals surface area contributed by atoms with Gasteiger partial charge in [-0.2, -0.15) is 0 Å². The number of aryl methyl sites for hydroxylation is 1. The molecule has 0 amide bonds. The standard InChI is InChI=1S/C14H18N2S2/c1-10-4-5-13(17-3)11(8-10)12-9-18-14(16-12)6-7-15-2/h4-5,8-9,15H,6-7H2,1-3H3. The zero-order chi connectivity index (χ0) is 13.0. The first kappa shape index (κ1) is 13.6. The topological polar surface area (TPSA) is 24.9 Å². The summed E-state index contributed by atoms with van der Waals surface area (Å²) < 4.78 is 0. The fraction of sp³-hybridized carbons (Fsp3) is 0.357. The van der Waals surface area contributed by atoms with Crippen molar-refractivity contribution in [3.63, 3.8) is 0 Å². The third-order valence-corrected chi connectivity index (χ3v) is 4.48. The Bertz CT molecular complexity index is 520. The summed E-state index contributed by atoms with van der Waals surface area (Å²) in [6.45, 7) is 3.11. The van der Waals surface area contributed by atoms with Crippen molar-refractivity contribution in [2.24, 2.45) is 0 Å². The second-order valence-electron chi connectivity index (χ2n) is 4.18. The van der Waals surface area contributed by atoms with Crippen molar-refractivity contribution >= 4 is 23.1 Å². The van der Waals surface area contributed by atoms with Crippen molar-refractivity contribution in [3.8, 4) is 11.3 Å². The number of nitrogens with zero attached hydrogens (tertiary/aromatic N) is 1. The average Bonchev–Trinajstić information content (AvgIpc) is 2.85. The van der Waals surface area contributed by atoms with Crippen LogP contribution in [0.25, 0.3) is 11.3 Å². The molecule has 0 spiro atoms. The van der Waals surface area contributed by atoms with Crippen LogP contribution >= 0.6 is 23.1 Å². The highest BCUT2D eigenvalue weighted by Gasteiger charge is 2.09. The molecule has 4 heteroatoms. The van der Waals surface area contributed by atoms with Gasteiger partial charge in [-0.25, -0.2) is 4.98 Å². The fourth-order valence-corrected chi connectivity index (χ4v) is 3.19. The lowest BCUT2D eigenvalue weighted by atomic mass is 10.1. The lowest BCUT2D eigenvalue weighted by molar-refractivity contribution is 0.788. The van der Waals surface area contributed by atoms with Crippen molar-refractivity contribution in [3.05, 3.63) is 34.2 Å². The van der Waals surface area contributed by atoms with Crippen LogP contribution in [0.4, 0.5) is 0 Å². The molecule has 0 fully saturated rings. The molecule has 1 N–H and O–H groups in total. The van der Waals surface area contributed by atoms with Gasteiger partial charge in [0, 0.05) is 28.8 Å².